The molecule has 1 aromatic rings. The molecule has 0 aliphatic carbocycles. The Labute approximate surface area is 60.1 Å². The van der Waals surface area contributed by atoms with Gasteiger partial charge in [-0.05, 0) is 6.92 Å². The SMILES string of the molecule is Cc1nccn1C1CNC1. The van der Waals surface area contributed by atoms with Crippen molar-refractivity contribution in [3.05, 3.63) is 18.2 Å². The summed E-state index contributed by atoms with van der Waals surface area (Å²) in [6, 6.07) is 0.655. The molecule has 1 aliphatic rings. The lowest BCUT2D eigenvalue weighted by atomic mass is 10.2. The highest BCUT2D eigenvalue weighted by molar-refractivity contribution is 4.96. The molecule has 2 heterocycles. The van der Waals surface area contributed by atoms with Crippen LogP contribution < -0.4 is 5.32 Å². The minimum atomic E-state index is 0.655. The molecule has 54 valence electrons. The van der Waals surface area contributed by atoms with E-state index in [-0.39, 0.29) is 0 Å². The summed E-state index contributed by atoms with van der Waals surface area (Å²) in [6.45, 7) is 4.23. The predicted molar refractivity (Wildman–Crippen MR) is 38.9 cm³/mol. The third-order valence-electron chi connectivity index (χ3n) is 2.02. The van der Waals surface area contributed by atoms with Gasteiger partial charge in [-0.1, -0.05) is 0 Å². The molecule has 0 atom stereocenters. The highest BCUT2D eigenvalue weighted by Gasteiger charge is 2.18. The molecule has 0 bridgehead atoms. The molecule has 1 aliphatic heterocycles. The fourth-order valence-corrected chi connectivity index (χ4v) is 1.24. The Bertz CT molecular complexity index is 225. The molecule has 3 nitrogen and oxygen atoms in total. The third kappa shape index (κ3) is 0.743. The van der Waals surface area contributed by atoms with Crippen molar-refractivity contribution in [3.63, 3.8) is 0 Å². The van der Waals surface area contributed by atoms with Crippen molar-refractivity contribution in [2.45, 2.75) is 13.0 Å². The van der Waals surface area contributed by atoms with E-state index >= 15 is 0 Å². The Hall–Kier alpha value is -0.830. The first-order chi connectivity index (χ1) is 4.88. The average Bonchev–Trinajstić information content (AvgIpc) is 2.12. The highest BCUT2D eigenvalue weighted by atomic mass is 15.2. The maximum absolute atomic E-state index is 4.15. The number of imidazole rings is 1. The summed E-state index contributed by atoms with van der Waals surface area (Å²) in [4.78, 5) is 4.15. The van der Waals surface area contributed by atoms with E-state index in [1.54, 1.807) is 0 Å². The summed E-state index contributed by atoms with van der Waals surface area (Å²) in [7, 11) is 0. The molecule has 0 unspecified atom stereocenters. The first kappa shape index (κ1) is 5.92. The lowest BCUT2D eigenvalue weighted by Crippen LogP contribution is -2.43. The van der Waals surface area contributed by atoms with Crippen LogP contribution in [0.15, 0.2) is 12.4 Å². The van der Waals surface area contributed by atoms with Gasteiger partial charge in [-0.25, -0.2) is 4.98 Å². The molecule has 1 aromatic heterocycles. The number of aryl methyl sites for hydroxylation is 1. The van der Waals surface area contributed by atoms with Crippen LogP contribution >= 0.6 is 0 Å². The van der Waals surface area contributed by atoms with Crippen molar-refractivity contribution in [2.24, 2.45) is 0 Å². The van der Waals surface area contributed by atoms with Crippen LogP contribution in [0.4, 0.5) is 0 Å². The normalized spacial score (nSPS) is 18.9. The van der Waals surface area contributed by atoms with Gasteiger partial charge in [0, 0.05) is 25.5 Å². The minimum Gasteiger partial charge on any atom is -0.330 e. The van der Waals surface area contributed by atoms with E-state index in [9.17, 15) is 0 Å². The van der Waals surface area contributed by atoms with Gasteiger partial charge in [-0.15, -0.1) is 0 Å². The number of nitrogens with one attached hydrogen (secondary N) is 1. The van der Waals surface area contributed by atoms with Gasteiger partial charge in [0.05, 0.1) is 6.04 Å². The Morgan fingerprint density at radius 3 is 2.90 bits per heavy atom. The van der Waals surface area contributed by atoms with Crippen LogP contribution in [0.5, 0.6) is 0 Å². The van der Waals surface area contributed by atoms with Gasteiger partial charge in [-0.3, -0.25) is 0 Å². The summed E-state index contributed by atoms with van der Waals surface area (Å²) in [6.07, 6.45) is 3.90. The molecule has 2 rings (SSSR count). The molecular weight excluding hydrogens is 126 g/mol. The van der Waals surface area contributed by atoms with E-state index in [0.29, 0.717) is 6.04 Å². The number of aromatic nitrogens is 2. The Morgan fingerprint density at radius 2 is 2.50 bits per heavy atom. The van der Waals surface area contributed by atoms with E-state index in [1.165, 1.54) is 0 Å². The Kier molecular flexibility index (Phi) is 1.24. The summed E-state index contributed by atoms with van der Waals surface area (Å²) < 4.78 is 2.22. The van der Waals surface area contributed by atoms with Crippen LogP contribution in [0.2, 0.25) is 0 Å². The fourth-order valence-electron chi connectivity index (χ4n) is 1.24. The van der Waals surface area contributed by atoms with Gasteiger partial charge in [0.2, 0.25) is 0 Å². The summed E-state index contributed by atoms with van der Waals surface area (Å²) in [5, 5.41) is 3.23. The fraction of sp³-hybridized carbons (Fsp3) is 0.571. The highest BCUT2D eigenvalue weighted by Crippen LogP contribution is 2.12. The van der Waals surface area contributed by atoms with Gasteiger partial charge < -0.3 is 9.88 Å². The number of hydrogen-bond acceptors (Lipinski definition) is 2. The molecule has 0 radical (unpaired) electrons. The predicted octanol–water partition coefficient (Wildman–Crippen LogP) is 0.336. The zero-order valence-corrected chi connectivity index (χ0v) is 6.04. The second-order valence-corrected chi connectivity index (χ2v) is 2.69. The van der Waals surface area contributed by atoms with Crippen molar-refractivity contribution in [1.29, 1.82) is 0 Å². The van der Waals surface area contributed by atoms with Crippen LogP contribution in [-0.4, -0.2) is 22.6 Å². The van der Waals surface area contributed by atoms with Gasteiger partial charge in [0.1, 0.15) is 5.82 Å². The molecule has 1 saturated heterocycles. The second kappa shape index (κ2) is 2.09. The second-order valence-electron chi connectivity index (χ2n) is 2.69. The standard InChI is InChI=1S/C7H11N3/c1-6-9-2-3-10(6)7-4-8-5-7/h2-3,7-8H,4-5H2,1H3. The van der Waals surface area contributed by atoms with Gasteiger partial charge in [0.25, 0.3) is 0 Å². The first-order valence-corrected chi connectivity index (χ1v) is 3.58. The van der Waals surface area contributed by atoms with Gasteiger partial charge in [-0.2, -0.15) is 0 Å². The topological polar surface area (TPSA) is 29.9 Å². The summed E-state index contributed by atoms with van der Waals surface area (Å²) >= 11 is 0. The van der Waals surface area contributed by atoms with E-state index in [2.05, 4.69) is 14.9 Å². The largest absolute Gasteiger partial charge is 0.330 e. The third-order valence-corrected chi connectivity index (χ3v) is 2.02. The van der Waals surface area contributed by atoms with Crippen LogP contribution in [0.25, 0.3) is 0 Å². The van der Waals surface area contributed by atoms with E-state index in [0.717, 1.165) is 18.9 Å². The van der Waals surface area contributed by atoms with Crippen LogP contribution in [0.3, 0.4) is 0 Å². The Balaban J connectivity index is 2.23. The molecule has 0 saturated carbocycles. The van der Waals surface area contributed by atoms with Crippen molar-refractivity contribution in [1.82, 2.24) is 14.9 Å². The molecule has 1 N–H and O–H groups in total. The van der Waals surface area contributed by atoms with Crippen molar-refractivity contribution < 1.29 is 0 Å². The van der Waals surface area contributed by atoms with Crippen molar-refractivity contribution in [2.75, 3.05) is 13.1 Å². The Morgan fingerprint density at radius 1 is 1.70 bits per heavy atom. The smallest absolute Gasteiger partial charge is 0.105 e. The maximum Gasteiger partial charge on any atom is 0.105 e. The quantitative estimate of drug-likeness (QED) is 0.604. The molecule has 0 amide bonds. The number of rotatable bonds is 1. The summed E-state index contributed by atoms with van der Waals surface area (Å²) in [5.74, 6) is 1.12. The molecule has 3 heteroatoms. The molecule has 0 spiro atoms. The average molecular weight is 137 g/mol. The lowest BCUT2D eigenvalue weighted by molar-refractivity contribution is 0.338. The van der Waals surface area contributed by atoms with E-state index < -0.39 is 0 Å². The van der Waals surface area contributed by atoms with Gasteiger partial charge in [0.15, 0.2) is 0 Å². The van der Waals surface area contributed by atoms with Crippen molar-refractivity contribution in [3.8, 4) is 0 Å². The van der Waals surface area contributed by atoms with Gasteiger partial charge >= 0.3 is 0 Å². The molecule has 0 aromatic carbocycles. The molecule has 1 fully saturated rings. The molecular formula is C7H11N3. The van der Waals surface area contributed by atoms with Crippen LogP contribution in [0.1, 0.15) is 11.9 Å². The number of nitrogens with zero attached hydrogens (tertiary/aromatic N) is 2. The monoisotopic (exact) mass is 137 g/mol. The van der Waals surface area contributed by atoms with E-state index in [1.807, 2.05) is 19.3 Å². The van der Waals surface area contributed by atoms with Crippen LogP contribution in [-0.2, 0) is 0 Å². The first-order valence-electron chi connectivity index (χ1n) is 3.58. The zero-order chi connectivity index (χ0) is 6.97. The lowest BCUT2D eigenvalue weighted by Gasteiger charge is -2.29. The van der Waals surface area contributed by atoms with Crippen molar-refractivity contribution >= 4 is 0 Å². The summed E-state index contributed by atoms with van der Waals surface area (Å²) in [5.41, 5.74) is 0. The van der Waals surface area contributed by atoms with Crippen LogP contribution in [0, 0.1) is 6.92 Å². The zero-order valence-electron chi connectivity index (χ0n) is 6.04. The number of hydrogen-bond donors (Lipinski definition) is 1. The maximum atomic E-state index is 4.15. The van der Waals surface area contributed by atoms with E-state index in [4.69, 9.17) is 0 Å². The minimum absolute atomic E-state index is 0.655. The molecule has 10 heavy (non-hydrogen) atoms.